The summed E-state index contributed by atoms with van der Waals surface area (Å²) in [6, 6.07) is 8.98. The second-order valence-electron chi connectivity index (χ2n) is 5.33. The molecule has 7 nitrogen and oxygen atoms in total. The number of rotatable bonds is 6. The molecule has 8 heteroatoms. The third-order valence-corrected chi connectivity index (χ3v) is 4.74. The molecule has 1 amide bonds. The van der Waals surface area contributed by atoms with Crippen LogP contribution < -0.4 is 5.32 Å². The number of nitrogens with zero attached hydrogens (tertiary/aromatic N) is 3. The van der Waals surface area contributed by atoms with Crippen LogP contribution in [-0.4, -0.2) is 38.3 Å². The van der Waals surface area contributed by atoms with Gasteiger partial charge in [-0.3, -0.25) is 4.79 Å². The second kappa shape index (κ2) is 7.27. The van der Waals surface area contributed by atoms with Crippen LogP contribution in [0, 0.1) is 6.92 Å². The van der Waals surface area contributed by atoms with Crippen molar-refractivity contribution in [2.24, 2.45) is 0 Å². The Morgan fingerprint density at radius 1 is 1.32 bits per heavy atom. The fourth-order valence-corrected chi connectivity index (χ4v) is 3.26. The molecule has 0 aliphatic carbocycles. The first-order chi connectivity index (χ1) is 12.0. The van der Waals surface area contributed by atoms with Crippen molar-refractivity contribution in [1.29, 1.82) is 0 Å². The highest BCUT2D eigenvalue weighted by Crippen LogP contribution is 2.18. The molecule has 0 saturated carbocycles. The molecule has 0 radical (unpaired) electrons. The van der Waals surface area contributed by atoms with Gasteiger partial charge in [0.2, 0.25) is 0 Å². The number of aryl methyl sites for hydroxylation is 1. The molecule has 0 unspecified atom stereocenters. The van der Waals surface area contributed by atoms with Crippen LogP contribution in [0.4, 0.5) is 0 Å². The fraction of sp³-hybridized carbons (Fsp3) is 0.176. The Bertz CT molecular complexity index is 903. The summed E-state index contributed by atoms with van der Waals surface area (Å²) in [6.07, 6.45) is 3.97. The van der Waals surface area contributed by atoms with Crippen molar-refractivity contribution in [3.05, 3.63) is 63.9 Å². The number of amides is 1. The van der Waals surface area contributed by atoms with Gasteiger partial charge < -0.3 is 10.4 Å². The van der Waals surface area contributed by atoms with Crippen molar-refractivity contribution in [2.45, 2.75) is 13.3 Å². The van der Waals surface area contributed by atoms with Crippen LogP contribution in [0.3, 0.4) is 0 Å². The minimum atomic E-state index is -0.972. The van der Waals surface area contributed by atoms with Crippen LogP contribution in [0.25, 0.3) is 5.69 Å². The molecular formula is C17H16N4O3S. The molecule has 25 heavy (non-hydrogen) atoms. The average molecular weight is 356 g/mol. The van der Waals surface area contributed by atoms with Crippen molar-refractivity contribution >= 4 is 23.2 Å². The number of carbonyl (C=O) groups excluding carboxylic acids is 1. The normalized spacial score (nSPS) is 10.6. The number of carbonyl (C=O) groups is 2. The Morgan fingerprint density at radius 2 is 2.16 bits per heavy atom. The molecule has 0 spiro atoms. The molecule has 0 aliphatic rings. The van der Waals surface area contributed by atoms with Gasteiger partial charge in [-0.15, -0.1) is 11.3 Å². The van der Waals surface area contributed by atoms with E-state index < -0.39 is 5.97 Å². The Hall–Kier alpha value is -3.00. The minimum absolute atomic E-state index is 0.194. The fourth-order valence-electron chi connectivity index (χ4n) is 2.35. The lowest BCUT2D eigenvalue weighted by Gasteiger charge is -2.06. The summed E-state index contributed by atoms with van der Waals surface area (Å²) in [5.41, 5.74) is 1.85. The molecule has 2 heterocycles. The van der Waals surface area contributed by atoms with Crippen molar-refractivity contribution in [2.75, 3.05) is 6.54 Å². The summed E-state index contributed by atoms with van der Waals surface area (Å²) in [7, 11) is 0. The van der Waals surface area contributed by atoms with Crippen LogP contribution in [0.15, 0.2) is 42.7 Å². The first-order valence-electron chi connectivity index (χ1n) is 7.62. The van der Waals surface area contributed by atoms with E-state index in [1.807, 2.05) is 18.3 Å². The summed E-state index contributed by atoms with van der Waals surface area (Å²) < 4.78 is 1.68. The van der Waals surface area contributed by atoms with Crippen LogP contribution in [0.5, 0.6) is 0 Å². The highest BCUT2D eigenvalue weighted by Gasteiger charge is 2.14. The van der Waals surface area contributed by atoms with Crippen molar-refractivity contribution in [3.63, 3.8) is 0 Å². The SMILES string of the molecule is Cc1nc(CCNC(=O)c2cccc(-n3cccn3)c2)sc1C(=O)O. The summed E-state index contributed by atoms with van der Waals surface area (Å²) >= 11 is 1.14. The molecule has 0 atom stereocenters. The number of benzene rings is 1. The number of aromatic carboxylic acids is 1. The summed E-state index contributed by atoms with van der Waals surface area (Å²) in [5, 5.41) is 16.7. The Kier molecular flexibility index (Phi) is 4.90. The molecule has 3 aromatic rings. The molecule has 0 fully saturated rings. The lowest BCUT2D eigenvalue weighted by molar-refractivity contribution is 0.0701. The predicted octanol–water partition coefficient (Wildman–Crippen LogP) is 2.31. The van der Waals surface area contributed by atoms with Gasteiger partial charge in [0.05, 0.1) is 16.4 Å². The maximum atomic E-state index is 12.3. The Morgan fingerprint density at radius 3 is 2.84 bits per heavy atom. The van der Waals surface area contributed by atoms with E-state index in [4.69, 9.17) is 5.11 Å². The molecule has 2 aromatic heterocycles. The largest absolute Gasteiger partial charge is 0.477 e. The van der Waals surface area contributed by atoms with Crippen LogP contribution in [-0.2, 0) is 6.42 Å². The molecule has 128 valence electrons. The smallest absolute Gasteiger partial charge is 0.347 e. The van der Waals surface area contributed by atoms with E-state index in [-0.39, 0.29) is 10.8 Å². The molecule has 3 rings (SSSR count). The first kappa shape index (κ1) is 16.8. The zero-order chi connectivity index (χ0) is 17.8. The average Bonchev–Trinajstić information content (AvgIpc) is 3.24. The van der Waals surface area contributed by atoms with Gasteiger partial charge in [-0.05, 0) is 31.2 Å². The highest BCUT2D eigenvalue weighted by atomic mass is 32.1. The second-order valence-corrected chi connectivity index (χ2v) is 6.42. The first-order valence-corrected chi connectivity index (χ1v) is 8.44. The maximum Gasteiger partial charge on any atom is 0.347 e. The standard InChI is InChI=1S/C17H16N4O3S/c1-11-15(17(23)24)25-14(20-11)6-8-18-16(22)12-4-2-5-13(10-12)21-9-3-7-19-21/h2-5,7,9-10H,6,8H2,1H3,(H,18,22)(H,23,24). The Balaban J connectivity index is 1.60. The summed E-state index contributed by atoms with van der Waals surface area (Å²) in [6.45, 7) is 2.06. The lowest BCUT2D eigenvalue weighted by Crippen LogP contribution is -2.25. The van der Waals surface area contributed by atoms with Gasteiger partial charge in [0.15, 0.2) is 0 Å². The molecule has 1 aromatic carbocycles. The molecule has 2 N–H and O–H groups in total. The van der Waals surface area contributed by atoms with Crippen LogP contribution in [0.2, 0.25) is 0 Å². The van der Waals surface area contributed by atoms with E-state index >= 15 is 0 Å². The van der Waals surface area contributed by atoms with E-state index in [0.29, 0.717) is 29.2 Å². The third kappa shape index (κ3) is 3.92. The van der Waals surface area contributed by atoms with Gasteiger partial charge in [0.25, 0.3) is 5.91 Å². The van der Waals surface area contributed by atoms with E-state index in [9.17, 15) is 9.59 Å². The zero-order valence-corrected chi connectivity index (χ0v) is 14.3. The monoisotopic (exact) mass is 356 g/mol. The molecular weight excluding hydrogens is 340 g/mol. The van der Waals surface area contributed by atoms with Gasteiger partial charge >= 0.3 is 5.97 Å². The predicted molar refractivity (Wildman–Crippen MR) is 93.4 cm³/mol. The van der Waals surface area contributed by atoms with Crippen LogP contribution in [0.1, 0.15) is 30.7 Å². The van der Waals surface area contributed by atoms with Gasteiger partial charge in [-0.1, -0.05) is 6.07 Å². The topological polar surface area (TPSA) is 97.1 Å². The number of nitrogens with one attached hydrogen (secondary N) is 1. The number of carboxylic acids is 1. The van der Waals surface area contributed by atoms with E-state index in [1.165, 1.54) is 0 Å². The maximum absolute atomic E-state index is 12.3. The molecule has 0 aliphatic heterocycles. The quantitative estimate of drug-likeness (QED) is 0.706. The summed E-state index contributed by atoms with van der Waals surface area (Å²) in [4.78, 5) is 27.8. The van der Waals surface area contributed by atoms with E-state index in [2.05, 4.69) is 15.4 Å². The van der Waals surface area contributed by atoms with Gasteiger partial charge in [-0.2, -0.15) is 5.10 Å². The number of thiazole rings is 1. The van der Waals surface area contributed by atoms with E-state index in [1.54, 1.807) is 36.0 Å². The zero-order valence-electron chi connectivity index (χ0n) is 13.5. The minimum Gasteiger partial charge on any atom is -0.477 e. The van der Waals surface area contributed by atoms with Gasteiger partial charge in [0.1, 0.15) is 4.88 Å². The van der Waals surface area contributed by atoms with Crippen molar-refractivity contribution in [1.82, 2.24) is 20.1 Å². The Labute approximate surface area is 148 Å². The number of hydrogen-bond donors (Lipinski definition) is 2. The third-order valence-electron chi connectivity index (χ3n) is 3.54. The number of hydrogen-bond acceptors (Lipinski definition) is 5. The van der Waals surface area contributed by atoms with E-state index in [0.717, 1.165) is 17.0 Å². The number of aromatic nitrogens is 3. The van der Waals surface area contributed by atoms with Gasteiger partial charge in [-0.25, -0.2) is 14.5 Å². The summed E-state index contributed by atoms with van der Waals surface area (Å²) in [5.74, 6) is -1.17. The highest BCUT2D eigenvalue weighted by molar-refractivity contribution is 7.13. The molecule has 0 bridgehead atoms. The van der Waals surface area contributed by atoms with Crippen molar-refractivity contribution in [3.8, 4) is 5.69 Å². The number of carboxylic acid groups (broad SMARTS) is 1. The van der Waals surface area contributed by atoms with Crippen LogP contribution >= 0.6 is 11.3 Å². The lowest BCUT2D eigenvalue weighted by atomic mass is 10.2. The van der Waals surface area contributed by atoms with Crippen molar-refractivity contribution < 1.29 is 14.7 Å². The molecule has 0 saturated heterocycles. The van der Waals surface area contributed by atoms with Gasteiger partial charge in [0, 0.05) is 30.9 Å².